The summed E-state index contributed by atoms with van der Waals surface area (Å²) in [5.41, 5.74) is 1.55. The molecule has 0 spiro atoms. The smallest absolute Gasteiger partial charge is 0.237 e. The van der Waals surface area contributed by atoms with Gasteiger partial charge in [-0.15, -0.1) is 11.3 Å². The van der Waals surface area contributed by atoms with Crippen LogP contribution in [0.4, 0.5) is 10.1 Å². The molecule has 2 rings (SSSR count). The number of carbonyl (C=O) groups is 1. The van der Waals surface area contributed by atoms with Crippen molar-refractivity contribution in [2.75, 3.05) is 5.32 Å². The van der Waals surface area contributed by atoms with Crippen LogP contribution in [0.15, 0.2) is 34.0 Å². The fourth-order valence-corrected chi connectivity index (χ4v) is 3.35. The van der Waals surface area contributed by atoms with Crippen LogP contribution < -0.4 is 5.32 Å². The number of thiazole rings is 1. The number of hydrogen-bond donors (Lipinski definition) is 1. The average Bonchev–Trinajstić information content (AvgIpc) is 2.77. The molecule has 1 heterocycles. The monoisotopic (exact) mass is 296 g/mol. The van der Waals surface area contributed by atoms with E-state index in [-0.39, 0.29) is 17.0 Å². The Hall–Kier alpha value is -1.40. The van der Waals surface area contributed by atoms with Gasteiger partial charge < -0.3 is 5.32 Å². The molecule has 6 heteroatoms. The number of rotatable bonds is 4. The maximum atomic E-state index is 12.7. The maximum Gasteiger partial charge on any atom is 0.237 e. The summed E-state index contributed by atoms with van der Waals surface area (Å²) in [6.45, 7) is 3.74. The number of nitrogens with one attached hydrogen (secondary N) is 1. The highest BCUT2D eigenvalue weighted by molar-refractivity contribution is 8.02. The summed E-state index contributed by atoms with van der Waals surface area (Å²) >= 11 is 2.94. The molecule has 0 fully saturated rings. The number of anilines is 1. The van der Waals surface area contributed by atoms with E-state index in [0.29, 0.717) is 5.69 Å². The van der Waals surface area contributed by atoms with E-state index >= 15 is 0 Å². The molecule has 1 aromatic heterocycles. The van der Waals surface area contributed by atoms with Gasteiger partial charge in [-0.25, -0.2) is 9.37 Å². The number of carbonyl (C=O) groups excluding carboxylic acids is 1. The Morgan fingerprint density at radius 1 is 1.42 bits per heavy atom. The number of thioether (sulfide) groups is 1. The zero-order valence-corrected chi connectivity index (χ0v) is 12.1. The van der Waals surface area contributed by atoms with Crippen LogP contribution in [-0.4, -0.2) is 16.1 Å². The lowest BCUT2D eigenvalue weighted by atomic mass is 10.3. The Balaban J connectivity index is 1.94. The molecule has 3 nitrogen and oxygen atoms in total. The molecule has 0 unspecified atom stereocenters. The molecule has 1 aromatic carbocycles. The van der Waals surface area contributed by atoms with Crippen molar-refractivity contribution in [2.45, 2.75) is 23.4 Å². The molecule has 1 amide bonds. The molecule has 2 aromatic rings. The Labute approximate surface area is 119 Å². The molecule has 100 valence electrons. The molecule has 0 saturated carbocycles. The van der Waals surface area contributed by atoms with Crippen LogP contribution in [0.3, 0.4) is 0 Å². The fourth-order valence-electron chi connectivity index (χ4n) is 1.37. The highest BCUT2D eigenvalue weighted by Gasteiger charge is 2.16. The van der Waals surface area contributed by atoms with Crippen molar-refractivity contribution in [1.29, 1.82) is 0 Å². The second-order valence-corrected chi connectivity index (χ2v) is 6.46. The molecular weight excluding hydrogens is 283 g/mol. The SMILES string of the molecule is Cc1csc(S[C@H](C)C(=O)Nc2ccc(F)cc2)n1. The standard InChI is InChI=1S/C13H13FN2OS2/c1-8-7-18-13(15-8)19-9(2)12(17)16-11-5-3-10(14)4-6-11/h3-7,9H,1-2H3,(H,16,17)/t9-/m1/s1. The third-order valence-electron chi connectivity index (χ3n) is 2.36. The summed E-state index contributed by atoms with van der Waals surface area (Å²) in [5, 5.41) is 4.44. The van der Waals surface area contributed by atoms with Crippen LogP contribution in [0.25, 0.3) is 0 Å². The molecule has 0 saturated heterocycles. The Bertz CT molecular complexity index is 568. The first kappa shape index (κ1) is 14.0. The van der Waals surface area contributed by atoms with Crippen molar-refractivity contribution in [1.82, 2.24) is 4.98 Å². The second-order valence-electron chi connectivity index (χ2n) is 4.01. The predicted octanol–water partition coefficient (Wildman–Crippen LogP) is 3.71. The van der Waals surface area contributed by atoms with E-state index < -0.39 is 0 Å². The lowest BCUT2D eigenvalue weighted by Gasteiger charge is -2.10. The van der Waals surface area contributed by atoms with E-state index in [1.807, 2.05) is 19.2 Å². The number of amides is 1. The lowest BCUT2D eigenvalue weighted by Crippen LogP contribution is -2.22. The first-order valence-electron chi connectivity index (χ1n) is 5.70. The largest absolute Gasteiger partial charge is 0.325 e. The van der Waals surface area contributed by atoms with E-state index in [1.165, 1.54) is 47.4 Å². The number of nitrogens with zero attached hydrogens (tertiary/aromatic N) is 1. The number of aromatic nitrogens is 1. The summed E-state index contributed by atoms with van der Waals surface area (Å²) in [4.78, 5) is 16.3. The topological polar surface area (TPSA) is 42.0 Å². The fraction of sp³-hybridized carbons (Fsp3) is 0.231. The van der Waals surface area contributed by atoms with E-state index in [1.54, 1.807) is 0 Å². The number of benzene rings is 1. The molecule has 0 radical (unpaired) electrons. The summed E-state index contributed by atoms with van der Waals surface area (Å²) in [5.74, 6) is -0.442. The van der Waals surface area contributed by atoms with Crippen molar-refractivity contribution >= 4 is 34.7 Å². The molecule has 0 aliphatic carbocycles. The van der Waals surface area contributed by atoms with Crippen LogP contribution in [0.1, 0.15) is 12.6 Å². The normalized spacial score (nSPS) is 12.2. The van der Waals surface area contributed by atoms with Gasteiger partial charge in [-0.05, 0) is 38.1 Å². The molecule has 19 heavy (non-hydrogen) atoms. The third kappa shape index (κ3) is 4.04. The molecule has 1 N–H and O–H groups in total. The van der Waals surface area contributed by atoms with Crippen LogP contribution in [-0.2, 0) is 4.79 Å². The number of aryl methyl sites for hydroxylation is 1. The zero-order valence-electron chi connectivity index (χ0n) is 10.5. The van der Waals surface area contributed by atoms with Gasteiger partial charge in [0.2, 0.25) is 5.91 Å². The number of halogens is 1. The van der Waals surface area contributed by atoms with Gasteiger partial charge in [0.1, 0.15) is 5.82 Å². The second kappa shape index (κ2) is 6.16. The minimum Gasteiger partial charge on any atom is -0.325 e. The van der Waals surface area contributed by atoms with Gasteiger partial charge >= 0.3 is 0 Å². The Kier molecular flexibility index (Phi) is 4.55. The van der Waals surface area contributed by atoms with Crippen molar-refractivity contribution in [2.24, 2.45) is 0 Å². The molecular formula is C13H13FN2OS2. The Morgan fingerprint density at radius 3 is 2.68 bits per heavy atom. The first-order chi connectivity index (χ1) is 9.04. The zero-order chi connectivity index (χ0) is 13.8. The summed E-state index contributed by atoms with van der Waals surface area (Å²) < 4.78 is 13.6. The maximum absolute atomic E-state index is 12.7. The van der Waals surface area contributed by atoms with Gasteiger partial charge in [0.15, 0.2) is 4.34 Å². The lowest BCUT2D eigenvalue weighted by molar-refractivity contribution is -0.115. The van der Waals surface area contributed by atoms with Crippen molar-refractivity contribution < 1.29 is 9.18 Å². The van der Waals surface area contributed by atoms with Crippen molar-refractivity contribution in [3.05, 3.63) is 41.2 Å². The van der Waals surface area contributed by atoms with Crippen LogP contribution in [0.2, 0.25) is 0 Å². The summed E-state index contributed by atoms with van der Waals surface area (Å²) in [6, 6.07) is 5.71. The highest BCUT2D eigenvalue weighted by atomic mass is 32.2. The van der Waals surface area contributed by atoms with Crippen molar-refractivity contribution in [3.8, 4) is 0 Å². The highest BCUT2D eigenvalue weighted by Crippen LogP contribution is 2.27. The summed E-state index contributed by atoms with van der Waals surface area (Å²) in [6.07, 6.45) is 0. The van der Waals surface area contributed by atoms with Gasteiger partial charge in [-0.3, -0.25) is 4.79 Å². The van der Waals surface area contributed by atoms with E-state index in [9.17, 15) is 9.18 Å². The quantitative estimate of drug-likeness (QED) is 0.875. The molecule has 0 aliphatic rings. The predicted molar refractivity (Wildman–Crippen MR) is 77.2 cm³/mol. The van der Waals surface area contributed by atoms with Gasteiger partial charge in [0, 0.05) is 16.8 Å². The summed E-state index contributed by atoms with van der Waals surface area (Å²) in [7, 11) is 0. The van der Waals surface area contributed by atoms with Gasteiger partial charge in [-0.1, -0.05) is 11.8 Å². The molecule has 0 bridgehead atoms. The van der Waals surface area contributed by atoms with Gasteiger partial charge in [-0.2, -0.15) is 0 Å². The molecule has 1 atom stereocenters. The number of hydrogen-bond acceptors (Lipinski definition) is 4. The third-order valence-corrected chi connectivity index (χ3v) is 4.55. The van der Waals surface area contributed by atoms with E-state index in [0.717, 1.165) is 10.0 Å². The van der Waals surface area contributed by atoms with Crippen LogP contribution >= 0.6 is 23.1 Å². The Morgan fingerprint density at radius 2 is 2.11 bits per heavy atom. The average molecular weight is 296 g/mol. The molecule has 0 aliphatic heterocycles. The van der Waals surface area contributed by atoms with E-state index in [4.69, 9.17) is 0 Å². The van der Waals surface area contributed by atoms with Crippen LogP contribution in [0.5, 0.6) is 0 Å². The van der Waals surface area contributed by atoms with Crippen molar-refractivity contribution in [3.63, 3.8) is 0 Å². The van der Waals surface area contributed by atoms with Gasteiger partial charge in [0.25, 0.3) is 0 Å². The van der Waals surface area contributed by atoms with Gasteiger partial charge in [0.05, 0.1) is 5.25 Å². The minimum atomic E-state index is -0.321. The van der Waals surface area contributed by atoms with Crippen LogP contribution in [0, 0.1) is 12.7 Å². The first-order valence-corrected chi connectivity index (χ1v) is 7.46. The van der Waals surface area contributed by atoms with E-state index in [2.05, 4.69) is 10.3 Å². The minimum absolute atomic E-state index is 0.121.